The summed E-state index contributed by atoms with van der Waals surface area (Å²) in [6.45, 7) is 0.343. The molecule has 8 heteroatoms. The van der Waals surface area contributed by atoms with Crippen LogP contribution < -0.4 is 10.1 Å². The number of halogens is 2. The van der Waals surface area contributed by atoms with Gasteiger partial charge < -0.3 is 10.1 Å². The van der Waals surface area contributed by atoms with Crippen molar-refractivity contribution in [1.82, 2.24) is 19.9 Å². The van der Waals surface area contributed by atoms with Gasteiger partial charge in [-0.25, -0.2) is 15.0 Å². The highest BCUT2D eigenvalue weighted by Crippen LogP contribution is 2.31. The van der Waals surface area contributed by atoms with Gasteiger partial charge in [0.15, 0.2) is 0 Å². The lowest BCUT2D eigenvalue weighted by Gasteiger charge is -2.11. The number of anilines is 2. The van der Waals surface area contributed by atoms with Crippen molar-refractivity contribution in [2.75, 3.05) is 5.32 Å². The van der Waals surface area contributed by atoms with E-state index in [9.17, 15) is 0 Å². The number of rotatable bonds is 5. The van der Waals surface area contributed by atoms with Crippen molar-refractivity contribution < 1.29 is 4.74 Å². The fourth-order valence-electron chi connectivity index (χ4n) is 2.50. The van der Waals surface area contributed by atoms with Crippen LogP contribution in [0.15, 0.2) is 61.2 Å². The van der Waals surface area contributed by atoms with Gasteiger partial charge in [-0.2, -0.15) is 0 Å². The molecule has 0 amide bonds. The largest absolute Gasteiger partial charge is 0.486 e. The number of nitrogens with zero attached hydrogens (tertiary/aromatic N) is 4. The third kappa shape index (κ3) is 4.07. The Balaban J connectivity index is 1.54. The molecule has 0 unspecified atom stereocenters. The fourth-order valence-corrected chi connectivity index (χ4v) is 2.89. The lowest BCUT2D eigenvalue weighted by molar-refractivity contribution is 0.301. The van der Waals surface area contributed by atoms with Crippen LogP contribution in [0.3, 0.4) is 0 Å². The van der Waals surface area contributed by atoms with E-state index in [4.69, 9.17) is 27.9 Å². The van der Waals surface area contributed by atoms with Gasteiger partial charge in [0, 0.05) is 17.3 Å². The normalized spacial score (nSPS) is 10.7. The molecule has 3 aromatic heterocycles. The summed E-state index contributed by atoms with van der Waals surface area (Å²) in [5, 5.41) is 4.85. The zero-order valence-corrected chi connectivity index (χ0v) is 15.4. The number of aromatic nitrogens is 4. The number of nitrogens with one attached hydrogen (secondary N) is 1. The number of hydrogen-bond donors (Lipinski definition) is 1. The number of benzene rings is 1. The molecule has 0 fully saturated rings. The van der Waals surface area contributed by atoms with Gasteiger partial charge in [0.1, 0.15) is 29.7 Å². The molecule has 1 N–H and O–H groups in total. The van der Waals surface area contributed by atoms with Crippen LogP contribution in [0.2, 0.25) is 10.2 Å². The highest BCUT2D eigenvalue weighted by Gasteiger charge is 2.08. The van der Waals surface area contributed by atoms with Crippen LogP contribution in [0.25, 0.3) is 10.9 Å². The van der Waals surface area contributed by atoms with Crippen LogP contribution >= 0.6 is 23.2 Å². The van der Waals surface area contributed by atoms with Crippen molar-refractivity contribution in [3.05, 3.63) is 77.1 Å². The molecule has 1 aromatic carbocycles. The molecule has 27 heavy (non-hydrogen) atoms. The quantitative estimate of drug-likeness (QED) is 0.475. The monoisotopic (exact) mass is 397 g/mol. The lowest BCUT2D eigenvalue weighted by Crippen LogP contribution is -1.99. The number of pyridine rings is 2. The van der Waals surface area contributed by atoms with Crippen molar-refractivity contribution >= 4 is 45.6 Å². The molecule has 0 aliphatic carbocycles. The van der Waals surface area contributed by atoms with Crippen molar-refractivity contribution in [3.8, 4) is 5.75 Å². The smallest absolute Gasteiger partial charge is 0.141 e. The SMILES string of the molecule is Clc1cc2c(Nc3ccc(OCc4ccccn4)c(Cl)c3)ncnc2cn1. The maximum Gasteiger partial charge on any atom is 0.141 e. The van der Waals surface area contributed by atoms with E-state index < -0.39 is 0 Å². The van der Waals surface area contributed by atoms with E-state index in [-0.39, 0.29) is 0 Å². The van der Waals surface area contributed by atoms with Gasteiger partial charge in [-0.1, -0.05) is 29.3 Å². The molecule has 6 nitrogen and oxygen atoms in total. The van der Waals surface area contributed by atoms with Crippen LogP contribution in [0.1, 0.15) is 5.69 Å². The second-order valence-electron chi connectivity index (χ2n) is 5.63. The Bertz CT molecular complexity index is 1090. The molecule has 3 heterocycles. The second-order valence-corrected chi connectivity index (χ2v) is 6.42. The highest BCUT2D eigenvalue weighted by molar-refractivity contribution is 6.32. The van der Waals surface area contributed by atoms with E-state index >= 15 is 0 Å². The predicted octanol–water partition coefficient (Wildman–Crippen LogP) is 5.05. The molecule has 4 rings (SSSR count). The molecule has 134 valence electrons. The second kappa shape index (κ2) is 7.73. The minimum absolute atomic E-state index is 0.343. The van der Waals surface area contributed by atoms with Crippen LogP contribution in [-0.4, -0.2) is 19.9 Å². The Morgan fingerprint density at radius 3 is 2.70 bits per heavy atom. The summed E-state index contributed by atoms with van der Waals surface area (Å²) >= 11 is 12.3. The van der Waals surface area contributed by atoms with Crippen LogP contribution in [-0.2, 0) is 6.61 Å². The van der Waals surface area contributed by atoms with E-state index in [1.54, 1.807) is 30.6 Å². The van der Waals surface area contributed by atoms with Gasteiger partial charge in [0.25, 0.3) is 0 Å². The first-order valence-corrected chi connectivity index (χ1v) is 8.80. The minimum atomic E-state index is 0.343. The van der Waals surface area contributed by atoms with Gasteiger partial charge >= 0.3 is 0 Å². The molecular formula is C19H13Cl2N5O. The maximum atomic E-state index is 6.36. The standard InChI is InChI=1S/C19H13Cl2N5O/c20-15-7-12(4-5-17(15)27-10-13-3-1-2-6-22-13)26-19-14-8-18(21)23-9-16(14)24-11-25-19/h1-9,11H,10H2,(H,24,25,26). The van der Waals surface area contributed by atoms with Gasteiger partial charge in [-0.15, -0.1) is 0 Å². The Labute approximate surface area is 165 Å². The molecule has 0 bridgehead atoms. The lowest BCUT2D eigenvalue weighted by atomic mass is 10.2. The van der Waals surface area contributed by atoms with E-state index in [1.807, 2.05) is 24.3 Å². The summed E-state index contributed by atoms with van der Waals surface area (Å²) in [4.78, 5) is 16.7. The Morgan fingerprint density at radius 2 is 1.89 bits per heavy atom. The van der Waals surface area contributed by atoms with Gasteiger partial charge in [0.05, 0.1) is 22.4 Å². The van der Waals surface area contributed by atoms with E-state index in [1.165, 1.54) is 6.33 Å². The molecule has 0 aliphatic rings. The van der Waals surface area contributed by atoms with Crippen LogP contribution in [0.4, 0.5) is 11.5 Å². The molecular weight excluding hydrogens is 385 g/mol. The molecule has 0 aliphatic heterocycles. The average molecular weight is 398 g/mol. The number of fused-ring (bicyclic) bond motifs is 1. The Hall–Kier alpha value is -2.96. The van der Waals surface area contributed by atoms with E-state index in [2.05, 4.69) is 25.3 Å². The summed E-state index contributed by atoms with van der Waals surface area (Å²) in [5.74, 6) is 1.19. The van der Waals surface area contributed by atoms with Gasteiger partial charge in [0.2, 0.25) is 0 Å². The number of ether oxygens (including phenoxy) is 1. The molecule has 0 atom stereocenters. The summed E-state index contributed by atoms with van der Waals surface area (Å²) < 4.78 is 5.74. The summed E-state index contributed by atoms with van der Waals surface area (Å²) in [6, 6.07) is 12.8. The van der Waals surface area contributed by atoms with E-state index in [0.717, 1.165) is 16.8 Å². The highest BCUT2D eigenvalue weighted by atomic mass is 35.5. The topological polar surface area (TPSA) is 72.8 Å². The summed E-state index contributed by atoms with van der Waals surface area (Å²) in [6.07, 6.45) is 4.79. The minimum Gasteiger partial charge on any atom is -0.486 e. The first-order valence-electron chi connectivity index (χ1n) is 8.04. The first-order chi connectivity index (χ1) is 13.2. The summed E-state index contributed by atoms with van der Waals surface area (Å²) in [7, 11) is 0. The third-order valence-electron chi connectivity index (χ3n) is 3.78. The molecule has 0 saturated carbocycles. The van der Waals surface area contributed by atoms with Gasteiger partial charge in [-0.3, -0.25) is 4.98 Å². The zero-order valence-electron chi connectivity index (χ0n) is 13.9. The van der Waals surface area contributed by atoms with Gasteiger partial charge in [-0.05, 0) is 36.4 Å². The maximum absolute atomic E-state index is 6.36. The fraction of sp³-hybridized carbons (Fsp3) is 0.0526. The van der Waals surface area contributed by atoms with Crippen molar-refractivity contribution in [3.63, 3.8) is 0 Å². The summed E-state index contributed by atoms with van der Waals surface area (Å²) in [5.41, 5.74) is 2.28. The molecule has 4 aromatic rings. The van der Waals surface area contributed by atoms with E-state index in [0.29, 0.717) is 33.9 Å². The van der Waals surface area contributed by atoms with Crippen molar-refractivity contribution in [1.29, 1.82) is 0 Å². The van der Waals surface area contributed by atoms with Crippen LogP contribution in [0.5, 0.6) is 5.75 Å². The van der Waals surface area contributed by atoms with Crippen LogP contribution in [0, 0.1) is 0 Å². The third-order valence-corrected chi connectivity index (χ3v) is 4.29. The molecule has 0 spiro atoms. The average Bonchev–Trinajstić information content (AvgIpc) is 2.69. The Kier molecular flexibility index (Phi) is 5.00. The molecule has 0 radical (unpaired) electrons. The Morgan fingerprint density at radius 1 is 0.963 bits per heavy atom. The van der Waals surface area contributed by atoms with Crippen molar-refractivity contribution in [2.45, 2.75) is 6.61 Å². The first kappa shape index (κ1) is 17.5. The number of hydrogen-bond acceptors (Lipinski definition) is 6. The molecule has 0 saturated heterocycles. The predicted molar refractivity (Wildman–Crippen MR) is 106 cm³/mol. The zero-order chi connectivity index (χ0) is 18.6. The van der Waals surface area contributed by atoms with Crippen molar-refractivity contribution in [2.24, 2.45) is 0 Å².